The van der Waals surface area contributed by atoms with E-state index in [1.54, 1.807) is 12.1 Å². The maximum Gasteiger partial charge on any atom is 0.274 e. The van der Waals surface area contributed by atoms with Crippen LogP contribution in [0.3, 0.4) is 0 Å². The number of amides is 1. The Morgan fingerprint density at radius 2 is 1.85 bits per heavy atom. The molecule has 1 N–H and O–H groups in total. The van der Waals surface area contributed by atoms with E-state index in [9.17, 15) is 4.79 Å². The number of benzene rings is 2. The summed E-state index contributed by atoms with van der Waals surface area (Å²) in [6.07, 6.45) is 3.04. The number of hydrogen-bond donors (Lipinski definition) is 1. The molecule has 1 aromatic heterocycles. The van der Waals surface area contributed by atoms with Gasteiger partial charge in [-0.1, -0.05) is 41.4 Å². The summed E-state index contributed by atoms with van der Waals surface area (Å²) in [7, 11) is 0. The normalized spacial score (nSPS) is 10.7. The number of rotatable bonds is 6. The fraction of sp³-hybridized carbons (Fsp3) is 0.0500. The Morgan fingerprint density at radius 3 is 2.59 bits per heavy atom. The first kappa shape index (κ1) is 18.9. The van der Waals surface area contributed by atoms with E-state index in [0.717, 1.165) is 11.1 Å². The van der Waals surface area contributed by atoms with E-state index in [1.165, 1.54) is 12.4 Å². The van der Waals surface area contributed by atoms with Gasteiger partial charge in [-0.3, -0.25) is 4.79 Å². The van der Waals surface area contributed by atoms with Crippen molar-refractivity contribution < 1.29 is 9.53 Å². The van der Waals surface area contributed by atoms with E-state index in [0.29, 0.717) is 17.4 Å². The van der Waals surface area contributed by atoms with Crippen LogP contribution in [-0.2, 0) is 6.61 Å². The zero-order valence-electron chi connectivity index (χ0n) is 14.1. The highest BCUT2D eigenvalue weighted by molar-refractivity contribution is 6.32. The zero-order valence-corrected chi connectivity index (χ0v) is 15.6. The molecule has 27 heavy (non-hydrogen) atoms. The van der Waals surface area contributed by atoms with Crippen molar-refractivity contribution in [2.75, 3.05) is 0 Å². The van der Waals surface area contributed by atoms with Crippen molar-refractivity contribution >= 4 is 35.3 Å². The van der Waals surface area contributed by atoms with Gasteiger partial charge in [-0.15, -0.1) is 0 Å². The Labute approximate surface area is 166 Å². The molecule has 0 unspecified atom stereocenters. The smallest absolute Gasteiger partial charge is 0.274 e. The molecular weight excluding hydrogens is 385 g/mol. The number of nitrogens with one attached hydrogen (secondary N) is 1. The van der Waals surface area contributed by atoms with Gasteiger partial charge in [0.1, 0.15) is 17.5 Å². The van der Waals surface area contributed by atoms with Crippen LogP contribution in [-0.4, -0.2) is 17.1 Å². The number of halogens is 2. The molecule has 5 nitrogen and oxygen atoms in total. The quantitative estimate of drug-likeness (QED) is 0.370. The molecule has 2 aromatic carbocycles. The van der Waals surface area contributed by atoms with E-state index in [4.69, 9.17) is 27.9 Å². The summed E-state index contributed by atoms with van der Waals surface area (Å²) in [6.45, 7) is 0.384. The highest BCUT2D eigenvalue weighted by Crippen LogP contribution is 2.18. The van der Waals surface area contributed by atoms with Crippen LogP contribution < -0.4 is 10.2 Å². The minimum atomic E-state index is -0.427. The predicted octanol–water partition coefficient (Wildman–Crippen LogP) is 4.73. The number of carbonyl (C=O) groups excluding carboxylic acids is 1. The Morgan fingerprint density at radius 1 is 1.07 bits per heavy atom. The van der Waals surface area contributed by atoms with Gasteiger partial charge in [-0.2, -0.15) is 5.10 Å². The maximum atomic E-state index is 12.0. The fourth-order valence-corrected chi connectivity index (χ4v) is 2.60. The first-order chi connectivity index (χ1) is 13.1. The Kier molecular flexibility index (Phi) is 6.41. The predicted molar refractivity (Wildman–Crippen MR) is 107 cm³/mol. The van der Waals surface area contributed by atoms with Crippen molar-refractivity contribution in [3.05, 3.63) is 93.7 Å². The lowest BCUT2D eigenvalue weighted by atomic mass is 10.2. The number of nitrogens with zero attached hydrogens (tertiary/aromatic N) is 2. The van der Waals surface area contributed by atoms with Crippen LogP contribution in [0.15, 0.2) is 72.0 Å². The standard InChI is InChI=1S/C20H15Cl2N3O2/c21-18-6-2-1-4-15(18)13-27-16-9-7-14(8-10-16)12-24-25-20(26)17-5-3-11-23-19(17)22/h1-12H,13H2,(H,25,26)/b24-12+. The number of hydrogen-bond acceptors (Lipinski definition) is 4. The van der Waals surface area contributed by atoms with Gasteiger partial charge in [-0.25, -0.2) is 10.4 Å². The van der Waals surface area contributed by atoms with Gasteiger partial charge >= 0.3 is 0 Å². The van der Waals surface area contributed by atoms with Crippen molar-refractivity contribution in [3.8, 4) is 5.75 Å². The van der Waals surface area contributed by atoms with Gasteiger partial charge in [0, 0.05) is 16.8 Å². The lowest BCUT2D eigenvalue weighted by Gasteiger charge is -2.07. The number of aromatic nitrogens is 1. The van der Waals surface area contributed by atoms with Crippen molar-refractivity contribution in [2.24, 2.45) is 5.10 Å². The molecule has 0 bridgehead atoms. The summed E-state index contributed by atoms with van der Waals surface area (Å²) >= 11 is 12.0. The van der Waals surface area contributed by atoms with E-state index in [1.807, 2.05) is 48.5 Å². The van der Waals surface area contributed by atoms with E-state index in [2.05, 4.69) is 15.5 Å². The Balaban J connectivity index is 1.54. The second kappa shape index (κ2) is 9.16. The topological polar surface area (TPSA) is 63.6 Å². The summed E-state index contributed by atoms with van der Waals surface area (Å²) in [4.78, 5) is 15.8. The lowest BCUT2D eigenvalue weighted by Crippen LogP contribution is -2.18. The van der Waals surface area contributed by atoms with Crippen LogP contribution in [0.1, 0.15) is 21.5 Å². The molecule has 0 aliphatic heterocycles. The highest BCUT2D eigenvalue weighted by atomic mass is 35.5. The monoisotopic (exact) mass is 399 g/mol. The minimum absolute atomic E-state index is 0.130. The second-order valence-corrected chi connectivity index (χ2v) is 6.26. The number of pyridine rings is 1. The minimum Gasteiger partial charge on any atom is -0.489 e. The van der Waals surface area contributed by atoms with Crippen LogP contribution >= 0.6 is 23.2 Å². The first-order valence-corrected chi connectivity index (χ1v) is 8.79. The summed E-state index contributed by atoms with van der Waals surface area (Å²) in [5.74, 6) is 0.280. The Hall–Kier alpha value is -2.89. The van der Waals surface area contributed by atoms with Crippen molar-refractivity contribution in [1.29, 1.82) is 0 Å². The van der Waals surface area contributed by atoms with Crippen LogP contribution in [0.2, 0.25) is 10.2 Å². The highest BCUT2D eigenvalue weighted by Gasteiger charge is 2.09. The maximum absolute atomic E-state index is 12.0. The van der Waals surface area contributed by atoms with E-state index in [-0.39, 0.29) is 10.7 Å². The summed E-state index contributed by atoms with van der Waals surface area (Å²) in [5, 5.41) is 4.73. The molecule has 136 valence electrons. The second-order valence-electron chi connectivity index (χ2n) is 5.49. The van der Waals surface area contributed by atoms with Crippen LogP contribution in [0, 0.1) is 0 Å². The van der Waals surface area contributed by atoms with Crippen LogP contribution in [0.25, 0.3) is 0 Å². The average molecular weight is 400 g/mol. The summed E-state index contributed by atoms with van der Waals surface area (Å²) in [5.41, 5.74) is 4.40. The molecule has 7 heteroatoms. The number of carbonyl (C=O) groups is 1. The molecule has 0 radical (unpaired) electrons. The molecule has 3 rings (SSSR count). The van der Waals surface area contributed by atoms with Crippen molar-refractivity contribution in [1.82, 2.24) is 10.4 Å². The molecule has 3 aromatic rings. The lowest BCUT2D eigenvalue weighted by molar-refractivity contribution is 0.0955. The molecular formula is C20H15Cl2N3O2. The van der Waals surface area contributed by atoms with Crippen molar-refractivity contribution in [2.45, 2.75) is 6.61 Å². The first-order valence-electron chi connectivity index (χ1n) is 8.03. The van der Waals surface area contributed by atoms with Gasteiger partial charge < -0.3 is 4.74 Å². The van der Waals surface area contributed by atoms with E-state index >= 15 is 0 Å². The molecule has 0 fully saturated rings. The van der Waals surface area contributed by atoms with Gasteiger partial charge in [0.25, 0.3) is 5.91 Å². The van der Waals surface area contributed by atoms with Crippen molar-refractivity contribution in [3.63, 3.8) is 0 Å². The molecule has 1 heterocycles. The molecule has 0 aliphatic carbocycles. The Bertz CT molecular complexity index is 959. The third-order valence-corrected chi connectivity index (χ3v) is 4.29. The third-order valence-electron chi connectivity index (χ3n) is 3.62. The SMILES string of the molecule is O=C(N/N=C/c1ccc(OCc2ccccc2Cl)cc1)c1cccnc1Cl. The van der Waals surface area contributed by atoms with Gasteiger partial charge in [0.05, 0.1) is 11.8 Å². The molecule has 0 saturated carbocycles. The van der Waals surface area contributed by atoms with Gasteiger partial charge in [-0.05, 0) is 48.0 Å². The van der Waals surface area contributed by atoms with Crippen LogP contribution in [0.5, 0.6) is 5.75 Å². The van der Waals surface area contributed by atoms with Crippen LogP contribution in [0.4, 0.5) is 0 Å². The molecule has 0 aliphatic rings. The average Bonchev–Trinajstić information content (AvgIpc) is 2.68. The zero-order chi connectivity index (χ0) is 19.1. The summed E-state index contributed by atoms with van der Waals surface area (Å²) in [6, 6.07) is 18.0. The fourth-order valence-electron chi connectivity index (χ4n) is 2.21. The largest absolute Gasteiger partial charge is 0.489 e. The number of hydrazone groups is 1. The van der Waals surface area contributed by atoms with Gasteiger partial charge in [0.15, 0.2) is 0 Å². The third kappa shape index (κ3) is 5.29. The van der Waals surface area contributed by atoms with E-state index < -0.39 is 5.91 Å². The summed E-state index contributed by atoms with van der Waals surface area (Å²) < 4.78 is 5.72. The van der Waals surface area contributed by atoms with Gasteiger partial charge in [0.2, 0.25) is 0 Å². The molecule has 0 saturated heterocycles. The molecule has 0 atom stereocenters. The number of ether oxygens (including phenoxy) is 1. The molecule has 1 amide bonds. The molecule has 0 spiro atoms.